The van der Waals surface area contributed by atoms with Gasteiger partial charge in [-0.1, -0.05) is 23.7 Å². The Labute approximate surface area is 193 Å². The van der Waals surface area contributed by atoms with Crippen molar-refractivity contribution < 1.29 is 4.39 Å². The molecule has 0 spiro atoms. The van der Waals surface area contributed by atoms with Gasteiger partial charge >= 0.3 is 0 Å². The number of halogens is 3. The smallest absolute Gasteiger partial charge is 0.191 e. The number of rotatable bonds is 5. The van der Waals surface area contributed by atoms with Crippen molar-refractivity contribution in [3.05, 3.63) is 59.0 Å². The summed E-state index contributed by atoms with van der Waals surface area (Å²) in [5, 5.41) is 7.71. The fraction of sp³-hybridized carbons (Fsp3) is 0.429. The molecule has 1 aromatic heterocycles. The van der Waals surface area contributed by atoms with E-state index in [9.17, 15) is 4.39 Å². The van der Waals surface area contributed by atoms with Crippen LogP contribution in [0.4, 0.5) is 10.2 Å². The van der Waals surface area contributed by atoms with Gasteiger partial charge in [0.15, 0.2) is 17.6 Å². The number of aliphatic imine (C=N–C) groups is 1. The summed E-state index contributed by atoms with van der Waals surface area (Å²) < 4.78 is 14.0. The topological polar surface area (TPSA) is 52.6 Å². The number of anilines is 1. The van der Waals surface area contributed by atoms with E-state index in [1.807, 2.05) is 17.0 Å². The third kappa shape index (κ3) is 5.12. The lowest BCUT2D eigenvalue weighted by Gasteiger charge is -2.22. The molecule has 0 bridgehead atoms. The number of guanidine groups is 1. The predicted octanol–water partition coefficient (Wildman–Crippen LogP) is 3.97. The van der Waals surface area contributed by atoms with Crippen LogP contribution >= 0.6 is 35.6 Å². The second kappa shape index (κ2) is 9.47. The van der Waals surface area contributed by atoms with Gasteiger partial charge in [0.25, 0.3) is 0 Å². The summed E-state index contributed by atoms with van der Waals surface area (Å²) in [6.07, 6.45) is 4.87. The number of hydrogen-bond donors (Lipinski definition) is 2. The van der Waals surface area contributed by atoms with Crippen LogP contribution in [0.5, 0.6) is 0 Å². The molecule has 29 heavy (non-hydrogen) atoms. The van der Waals surface area contributed by atoms with Crippen LogP contribution in [0.3, 0.4) is 0 Å². The molecule has 1 atom stereocenters. The van der Waals surface area contributed by atoms with E-state index in [-0.39, 0.29) is 41.3 Å². The van der Waals surface area contributed by atoms with Crippen molar-refractivity contribution >= 4 is 47.4 Å². The van der Waals surface area contributed by atoms with Gasteiger partial charge in [0.05, 0.1) is 0 Å². The minimum Gasteiger partial charge on any atom is -0.356 e. The molecule has 1 aliphatic heterocycles. The molecule has 2 N–H and O–H groups in total. The normalized spacial score (nSPS) is 20.2. The van der Waals surface area contributed by atoms with Crippen LogP contribution in [0.15, 0.2) is 47.6 Å². The zero-order valence-electron chi connectivity index (χ0n) is 16.4. The molecule has 2 aromatic rings. The largest absolute Gasteiger partial charge is 0.356 e. The lowest BCUT2D eigenvalue weighted by atomic mass is 9.96. The van der Waals surface area contributed by atoms with E-state index in [0.717, 1.165) is 43.3 Å². The molecular formula is C21H26ClFIN5. The average molecular weight is 530 g/mol. The minimum absolute atomic E-state index is 0. The summed E-state index contributed by atoms with van der Waals surface area (Å²) >= 11 is 6.02. The van der Waals surface area contributed by atoms with Crippen molar-refractivity contribution in [1.82, 2.24) is 15.6 Å². The first-order valence-electron chi connectivity index (χ1n) is 9.68. The van der Waals surface area contributed by atoms with Crippen LogP contribution < -0.4 is 15.5 Å². The first-order chi connectivity index (χ1) is 13.6. The van der Waals surface area contributed by atoms with E-state index in [4.69, 9.17) is 11.6 Å². The van der Waals surface area contributed by atoms with Crippen LogP contribution in [-0.2, 0) is 5.41 Å². The third-order valence-corrected chi connectivity index (χ3v) is 5.95. The van der Waals surface area contributed by atoms with Gasteiger partial charge in [0.2, 0.25) is 0 Å². The molecule has 2 fully saturated rings. The molecule has 4 rings (SSSR count). The van der Waals surface area contributed by atoms with Crippen molar-refractivity contribution in [2.24, 2.45) is 4.99 Å². The Morgan fingerprint density at radius 1 is 1.31 bits per heavy atom. The second-order valence-electron chi connectivity index (χ2n) is 7.60. The fourth-order valence-electron chi connectivity index (χ4n) is 3.84. The summed E-state index contributed by atoms with van der Waals surface area (Å²) in [6.45, 7) is 2.31. The molecule has 1 aliphatic carbocycles. The number of pyridine rings is 1. The molecule has 0 amide bonds. The van der Waals surface area contributed by atoms with Crippen molar-refractivity contribution in [3.63, 3.8) is 0 Å². The molecular weight excluding hydrogens is 504 g/mol. The van der Waals surface area contributed by atoms with E-state index in [1.165, 1.54) is 11.6 Å². The van der Waals surface area contributed by atoms with Crippen LogP contribution in [0.2, 0.25) is 5.02 Å². The van der Waals surface area contributed by atoms with Gasteiger partial charge in [-0.15, -0.1) is 24.0 Å². The average Bonchev–Trinajstić information content (AvgIpc) is 3.36. The molecule has 0 radical (unpaired) electrons. The molecule has 5 nitrogen and oxygen atoms in total. The van der Waals surface area contributed by atoms with Crippen molar-refractivity contribution in [3.8, 4) is 0 Å². The maximum Gasteiger partial charge on any atom is 0.191 e. The SMILES string of the molecule is CN=C(NCC1(c2ccc(Cl)cc2)CC1)NC1CCN(c2ncccc2F)C1.I. The summed E-state index contributed by atoms with van der Waals surface area (Å²) in [6, 6.07) is 11.4. The van der Waals surface area contributed by atoms with Gasteiger partial charge in [-0.05, 0) is 49.1 Å². The van der Waals surface area contributed by atoms with Gasteiger partial charge in [-0.3, -0.25) is 4.99 Å². The summed E-state index contributed by atoms with van der Waals surface area (Å²) in [5.41, 5.74) is 1.48. The van der Waals surface area contributed by atoms with Gasteiger partial charge in [-0.25, -0.2) is 9.37 Å². The monoisotopic (exact) mass is 529 g/mol. The van der Waals surface area contributed by atoms with E-state index < -0.39 is 0 Å². The standard InChI is InChI=1S/C21H25ClFN5.HI/c1-24-20(26-14-21(9-10-21)15-4-6-16(22)7-5-15)27-17-8-12-28(13-17)19-18(23)3-2-11-25-19;/h2-7,11,17H,8-10,12-14H2,1H3,(H2,24,26,27);1H. The number of hydrogen-bond acceptors (Lipinski definition) is 3. The highest BCUT2D eigenvalue weighted by Gasteiger charge is 2.44. The highest BCUT2D eigenvalue weighted by Crippen LogP contribution is 2.47. The number of benzene rings is 1. The molecule has 1 aromatic carbocycles. The molecule has 1 saturated carbocycles. The Bertz CT molecular complexity index is 856. The predicted molar refractivity (Wildman–Crippen MR) is 127 cm³/mol. The summed E-state index contributed by atoms with van der Waals surface area (Å²) in [4.78, 5) is 10.5. The Balaban J connectivity index is 0.00000240. The molecule has 1 saturated heterocycles. The van der Waals surface area contributed by atoms with Gasteiger partial charge in [0, 0.05) is 49.4 Å². The van der Waals surface area contributed by atoms with Crippen LogP contribution in [-0.4, -0.2) is 43.7 Å². The zero-order valence-corrected chi connectivity index (χ0v) is 19.5. The summed E-state index contributed by atoms with van der Waals surface area (Å²) in [7, 11) is 1.78. The van der Waals surface area contributed by atoms with E-state index in [0.29, 0.717) is 12.4 Å². The maximum atomic E-state index is 14.0. The van der Waals surface area contributed by atoms with Crippen LogP contribution in [0.1, 0.15) is 24.8 Å². The Morgan fingerprint density at radius 2 is 2.07 bits per heavy atom. The van der Waals surface area contributed by atoms with Crippen molar-refractivity contribution in [1.29, 1.82) is 0 Å². The minimum atomic E-state index is -0.274. The molecule has 2 aliphatic rings. The molecule has 2 heterocycles. The highest BCUT2D eigenvalue weighted by molar-refractivity contribution is 14.0. The summed E-state index contributed by atoms with van der Waals surface area (Å²) in [5.74, 6) is 0.937. The van der Waals surface area contributed by atoms with Crippen molar-refractivity contribution in [2.75, 3.05) is 31.6 Å². The number of aromatic nitrogens is 1. The van der Waals surface area contributed by atoms with E-state index in [1.54, 1.807) is 19.3 Å². The molecule has 8 heteroatoms. The van der Waals surface area contributed by atoms with Gasteiger partial charge in [-0.2, -0.15) is 0 Å². The Hall–Kier alpha value is -1.61. The van der Waals surface area contributed by atoms with Gasteiger partial charge in [0.1, 0.15) is 0 Å². The number of nitrogens with zero attached hydrogens (tertiary/aromatic N) is 3. The second-order valence-corrected chi connectivity index (χ2v) is 8.03. The highest BCUT2D eigenvalue weighted by atomic mass is 127. The first kappa shape index (κ1) is 22.1. The van der Waals surface area contributed by atoms with Crippen molar-refractivity contribution in [2.45, 2.75) is 30.7 Å². The lowest BCUT2D eigenvalue weighted by molar-refractivity contribution is 0.606. The van der Waals surface area contributed by atoms with Crippen LogP contribution in [0, 0.1) is 5.82 Å². The van der Waals surface area contributed by atoms with E-state index >= 15 is 0 Å². The van der Waals surface area contributed by atoms with Crippen LogP contribution in [0.25, 0.3) is 0 Å². The fourth-order valence-corrected chi connectivity index (χ4v) is 3.97. The third-order valence-electron chi connectivity index (χ3n) is 5.70. The zero-order chi connectivity index (χ0) is 19.6. The number of nitrogens with one attached hydrogen (secondary N) is 2. The van der Waals surface area contributed by atoms with Gasteiger partial charge < -0.3 is 15.5 Å². The van der Waals surface area contributed by atoms with E-state index in [2.05, 4.69) is 32.7 Å². The quantitative estimate of drug-likeness (QED) is 0.350. The Kier molecular flexibility index (Phi) is 7.21. The first-order valence-corrected chi connectivity index (χ1v) is 10.1. The lowest BCUT2D eigenvalue weighted by Crippen LogP contribution is -2.46. The molecule has 156 valence electrons. The molecule has 1 unspecified atom stereocenters. The maximum absolute atomic E-state index is 14.0. The Morgan fingerprint density at radius 3 is 2.72 bits per heavy atom.